The minimum atomic E-state index is -4.22. The average Bonchev–Trinajstić information content (AvgIpc) is 2.73. The van der Waals surface area contributed by atoms with E-state index < -0.39 is 47.3 Å². The van der Waals surface area contributed by atoms with Gasteiger partial charge in [-0.15, -0.1) is 11.3 Å². The third kappa shape index (κ3) is 2.95. The monoisotopic (exact) mass is 345 g/mol. The topological polar surface area (TPSA) is 74.7 Å². The van der Waals surface area contributed by atoms with E-state index in [-0.39, 0.29) is 9.23 Å². The van der Waals surface area contributed by atoms with Gasteiger partial charge in [-0.25, -0.2) is 17.2 Å². The van der Waals surface area contributed by atoms with Gasteiger partial charge in [0.1, 0.15) is 9.23 Å². The van der Waals surface area contributed by atoms with Crippen molar-refractivity contribution in [2.75, 3.05) is 13.1 Å². The lowest BCUT2D eigenvalue weighted by Gasteiger charge is -2.34. The lowest BCUT2D eigenvalue weighted by atomic mass is 9.97. The molecule has 0 aliphatic carbocycles. The summed E-state index contributed by atoms with van der Waals surface area (Å²) in [6, 6.07) is 1.21. The van der Waals surface area contributed by atoms with Gasteiger partial charge in [0.2, 0.25) is 10.0 Å². The molecule has 0 amide bonds. The summed E-state index contributed by atoms with van der Waals surface area (Å²) >= 11 is 6.68. The Morgan fingerprint density at radius 1 is 1.55 bits per heavy atom. The maximum Gasteiger partial charge on any atom is 0.308 e. The summed E-state index contributed by atoms with van der Waals surface area (Å²) in [5.74, 6) is -6.26. The van der Waals surface area contributed by atoms with Gasteiger partial charge in [-0.05, 0) is 11.4 Å². The van der Waals surface area contributed by atoms with E-state index in [1.54, 1.807) is 0 Å². The number of halogens is 3. The smallest absolute Gasteiger partial charge is 0.308 e. The quantitative estimate of drug-likeness (QED) is 0.910. The Kier molecular flexibility index (Phi) is 4.07. The van der Waals surface area contributed by atoms with E-state index in [1.165, 1.54) is 11.4 Å². The van der Waals surface area contributed by atoms with Crippen molar-refractivity contribution in [2.24, 2.45) is 5.92 Å². The number of carboxylic acid groups (broad SMARTS) is 1. The van der Waals surface area contributed by atoms with Gasteiger partial charge in [-0.1, -0.05) is 11.6 Å². The van der Waals surface area contributed by atoms with Crippen LogP contribution in [-0.2, 0) is 14.8 Å². The number of thiophene rings is 1. The molecular weight excluding hydrogens is 336 g/mol. The first-order chi connectivity index (χ1) is 9.13. The van der Waals surface area contributed by atoms with Crippen molar-refractivity contribution in [1.29, 1.82) is 0 Å². The van der Waals surface area contributed by atoms with E-state index >= 15 is 0 Å². The molecule has 5 nitrogen and oxygen atoms in total. The summed E-state index contributed by atoms with van der Waals surface area (Å²) in [7, 11) is -4.22. The predicted octanol–water partition coefficient (Wildman–Crippen LogP) is 2.13. The third-order valence-corrected chi connectivity index (χ3v) is 6.19. The van der Waals surface area contributed by atoms with Gasteiger partial charge >= 0.3 is 5.97 Å². The van der Waals surface area contributed by atoms with Crippen LogP contribution in [0.1, 0.15) is 6.42 Å². The zero-order chi connectivity index (χ0) is 15.1. The molecule has 2 heterocycles. The molecule has 10 heteroatoms. The van der Waals surface area contributed by atoms with Gasteiger partial charge in [-0.3, -0.25) is 4.79 Å². The van der Waals surface area contributed by atoms with Crippen molar-refractivity contribution in [3.8, 4) is 0 Å². The fourth-order valence-corrected chi connectivity index (χ4v) is 5.03. The summed E-state index contributed by atoms with van der Waals surface area (Å²) in [5, 5.41) is 10.3. The molecule has 1 atom stereocenters. The number of nitrogens with zero attached hydrogens (tertiary/aromatic N) is 1. The molecule has 1 unspecified atom stereocenters. The molecule has 1 aliphatic rings. The fourth-order valence-electron chi connectivity index (χ4n) is 2.01. The number of alkyl halides is 2. The second-order valence-corrected chi connectivity index (χ2v) is 7.88. The number of hydrogen-bond acceptors (Lipinski definition) is 4. The highest BCUT2D eigenvalue weighted by atomic mass is 35.5. The number of rotatable bonds is 3. The molecule has 112 valence electrons. The van der Waals surface area contributed by atoms with Crippen LogP contribution in [0.5, 0.6) is 0 Å². The number of carbonyl (C=O) groups is 1. The van der Waals surface area contributed by atoms with Crippen molar-refractivity contribution in [2.45, 2.75) is 17.2 Å². The molecule has 0 spiro atoms. The fraction of sp³-hybridized carbons (Fsp3) is 0.500. The van der Waals surface area contributed by atoms with Gasteiger partial charge < -0.3 is 5.11 Å². The van der Waals surface area contributed by atoms with E-state index in [0.29, 0.717) is 4.31 Å². The van der Waals surface area contributed by atoms with Crippen LogP contribution < -0.4 is 0 Å². The molecular formula is C10H10ClF2NO4S2. The minimum Gasteiger partial charge on any atom is -0.481 e. The second kappa shape index (κ2) is 5.21. The molecule has 0 aromatic carbocycles. The van der Waals surface area contributed by atoms with Crippen LogP contribution in [0, 0.1) is 5.92 Å². The summed E-state index contributed by atoms with van der Waals surface area (Å²) in [4.78, 5) is 10.6. The summed E-state index contributed by atoms with van der Waals surface area (Å²) in [6.45, 7) is -1.52. The van der Waals surface area contributed by atoms with Crippen LogP contribution in [-0.4, -0.2) is 42.8 Å². The molecule has 1 aromatic rings. The van der Waals surface area contributed by atoms with E-state index in [1.807, 2.05) is 0 Å². The van der Waals surface area contributed by atoms with Crippen molar-refractivity contribution in [3.63, 3.8) is 0 Å². The molecule has 2 rings (SSSR count). The van der Waals surface area contributed by atoms with Gasteiger partial charge in [0.05, 0.1) is 12.5 Å². The zero-order valence-corrected chi connectivity index (χ0v) is 12.3. The van der Waals surface area contributed by atoms with Crippen LogP contribution in [0.2, 0.25) is 4.34 Å². The molecule has 1 fully saturated rings. The molecule has 1 aromatic heterocycles. The Morgan fingerprint density at radius 3 is 2.70 bits per heavy atom. The third-order valence-electron chi connectivity index (χ3n) is 2.93. The van der Waals surface area contributed by atoms with E-state index in [4.69, 9.17) is 16.7 Å². The Balaban J connectivity index is 2.36. The molecule has 0 saturated carbocycles. The molecule has 0 radical (unpaired) electrons. The first-order valence-electron chi connectivity index (χ1n) is 5.47. The van der Waals surface area contributed by atoms with E-state index in [9.17, 15) is 22.0 Å². The van der Waals surface area contributed by atoms with Crippen LogP contribution in [0.3, 0.4) is 0 Å². The Morgan fingerprint density at radius 2 is 2.20 bits per heavy atom. The highest BCUT2D eigenvalue weighted by Crippen LogP contribution is 2.36. The Bertz CT molecular complexity index is 631. The van der Waals surface area contributed by atoms with Crippen molar-refractivity contribution in [3.05, 3.63) is 15.8 Å². The second-order valence-electron chi connectivity index (χ2n) is 4.45. The molecule has 0 bridgehead atoms. The van der Waals surface area contributed by atoms with Gasteiger partial charge in [0.25, 0.3) is 5.92 Å². The number of aliphatic carboxylic acids is 1. The molecule has 20 heavy (non-hydrogen) atoms. The van der Waals surface area contributed by atoms with Gasteiger partial charge in [-0.2, -0.15) is 4.31 Å². The highest BCUT2D eigenvalue weighted by Gasteiger charge is 2.47. The van der Waals surface area contributed by atoms with Crippen LogP contribution in [0.4, 0.5) is 8.78 Å². The van der Waals surface area contributed by atoms with Gasteiger partial charge in [0, 0.05) is 13.0 Å². The summed E-state index contributed by atoms with van der Waals surface area (Å²) < 4.78 is 52.0. The normalized spacial score (nSPS) is 23.6. The number of sulfonamides is 1. The van der Waals surface area contributed by atoms with Gasteiger partial charge in [0.15, 0.2) is 0 Å². The lowest BCUT2D eigenvalue weighted by Crippen LogP contribution is -2.51. The first kappa shape index (κ1) is 15.6. The molecule has 1 N–H and O–H groups in total. The minimum absolute atomic E-state index is 0.0363. The highest BCUT2D eigenvalue weighted by molar-refractivity contribution is 7.89. The van der Waals surface area contributed by atoms with Crippen LogP contribution in [0.25, 0.3) is 0 Å². The van der Waals surface area contributed by atoms with Crippen molar-refractivity contribution < 1.29 is 27.1 Å². The number of piperidine rings is 1. The lowest BCUT2D eigenvalue weighted by molar-refractivity contribution is -0.150. The molecule has 1 aliphatic heterocycles. The maximum absolute atomic E-state index is 13.5. The van der Waals surface area contributed by atoms with Crippen molar-refractivity contribution in [1.82, 2.24) is 4.31 Å². The Hall–Kier alpha value is -0.770. The SMILES string of the molecule is O=C(O)C1CN(S(=O)(=O)c2ccsc2Cl)CC(F)(F)C1. The van der Waals surface area contributed by atoms with Crippen LogP contribution >= 0.6 is 22.9 Å². The van der Waals surface area contributed by atoms with E-state index in [2.05, 4.69) is 0 Å². The predicted molar refractivity (Wildman–Crippen MR) is 68.8 cm³/mol. The van der Waals surface area contributed by atoms with E-state index in [0.717, 1.165) is 11.3 Å². The maximum atomic E-state index is 13.5. The van der Waals surface area contributed by atoms with Crippen molar-refractivity contribution >= 4 is 38.9 Å². The Labute approximate surface area is 122 Å². The molecule has 1 saturated heterocycles. The van der Waals surface area contributed by atoms with Crippen LogP contribution in [0.15, 0.2) is 16.3 Å². The average molecular weight is 346 g/mol. The summed E-state index contributed by atoms with van der Waals surface area (Å²) in [6.07, 6.45) is -0.869. The zero-order valence-electron chi connectivity index (χ0n) is 9.92. The number of hydrogen-bond donors (Lipinski definition) is 1. The first-order valence-corrected chi connectivity index (χ1v) is 8.17. The largest absolute Gasteiger partial charge is 0.481 e. The summed E-state index contributed by atoms with van der Waals surface area (Å²) in [5.41, 5.74) is 0. The standard InChI is InChI=1S/C10H10ClF2NO4S2/c11-8-7(1-2-19-8)20(17,18)14-4-6(9(15)16)3-10(12,13)5-14/h1-2,6H,3-5H2,(H,15,16). The number of carboxylic acids is 1.